The molecule has 0 radical (unpaired) electrons. The Labute approximate surface area is 204 Å². The molecule has 1 aromatic carbocycles. The highest BCUT2D eigenvalue weighted by Gasteiger charge is 2.33. The van der Waals surface area contributed by atoms with Crippen molar-refractivity contribution in [1.82, 2.24) is 20.2 Å². The van der Waals surface area contributed by atoms with Crippen molar-refractivity contribution in [1.29, 1.82) is 0 Å². The van der Waals surface area contributed by atoms with Gasteiger partial charge in [0.1, 0.15) is 11.6 Å². The van der Waals surface area contributed by atoms with Crippen molar-refractivity contribution in [2.75, 3.05) is 30.0 Å². The van der Waals surface area contributed by atoms with Crippen LogP contribution in [0.15, 0.2) is 18.2 Å². The fourth-order valence-corrected chi connectivity index (χ4v) is 4.51. The third-order valence-corrected chi connectivity index (χ3v) is 6.59. The van der Waals surface area contributed by atoms with Crippen molar-refractivity contribution in [3.05, 3.63) is 35.3 Å². The molecule has 3 heterocycles. The van der Waals surface area contributed by atoms with Gasteiger partial charge in [-0.3, -0.25) is 4.79 Å². The van der Waals surface area contributed by atoms with Gasteiger partial charge in [0, 0.05) is 29.8 Å². The maximum atomic E-state index is 15.2. The van der Waals surface area contributed by atoms with Crippen LogP contribution in [0.4, 0.5) is 20.7 Å². The Morgan fingerprint density at radius 3 is 2.69 bits per heavy atom. The van der Waals surface area contributed by atoms with Gasteiger partial charge in [-0.25, -0.2) is 19.2 Å². The molecule has 2 N–H and O–H groups in total. The van der Waals surface area contributed by atoms with Crippen LogP contribution >= 0.6 is 0 Å². The second kappa shape index (κ2) is 9.41. The number of hydrogen-bond acceptors (Lipinski definition) is 6. The van der Waals surface area contributed by atoms with E-state index in [1.165, 1.54) is 6.07 Å². The molecule has 1 aliphatic carbocycles. The van der Waals surface area contributed by atoms with Gasteiger partial charge in [0.25, 0.3) is 0 Å². The van der Waals surface area contributed by atoms with E-state index in [1.807, 2.05) is 13.8 Å². The summed E-state index contributed by atoms with van der Waals surface area (Å²) in [6.45, 7) is 8.43. The lowest BCUT2D eigenvalue weighted by Gasteiger charge is -2.35. The summed E-state index contributed by atoms with van der Waals surface area (Å²) in [7, 11) is 0. The number of halogens is 1. The van der Waals surface area contributed by atoms with Gasteiger partial charge >= 0.3 is 6.03 Å². The molecule has 186 valence electrons. The predicted octanol–water partition coefficient (Wildman–Crippen LogP) is 3.29. The molecule has 35 heavy (non-hydrogen) atoms. The van der Waals surface area contributed by atoms with Gasteiger partial charge in [-0.1, -0.05) is 13.8 Å². The van der Waals surface area contributed by atoms with E-state index in [0.717, 1.165) is 29.9 Å². The van der Waals surface area contributed by atoms with Crippen molar-refractivity contribution in [3.63, 3.8) is 0 Å². The first kappa shape index (κ1) is 23.5. The average Bonchev–Trinajstić information content (AvgIpc) is 3.52. The standard InChI is InChI=1S/C25H31FN6O3/c1-14(2)24(33)31-11-19-21(12-31)29-22(30-23(19)32-8-9-35-13-15(32)3)18-7-6-17(10-20(18)26)28-25(34)27-16-4-5-16/h6-7,10,14-16H,4-5,8-9,11-13H2,1-3H3,(H2,27,28,34). The minimum Gasteiger partial charge on any atom is -0.377 e. The normalized spacial score (nSPS) is 19.6. The lowest BCUT2D eigenvalue weighted by atomic mass is 10.1. The molecule has 2 fully saturated rings. The first-order valence-electron chi connectivity index (χ1n) is 12.2. The van der Waals surface area contributed by atoms with Crippen LogP contribution in [0.2, 0.25) is 0 Å². The van der Waals surface area contributed by atoms with E-state index in [1.54, 1.807) is 17.0 Å². The quantitative estimate of drug-likeness (QED) is 0.679. The maximum absolute atomic E-state index is 15.2. The molecule has 5 rings (SSSR count). The second-order valence-electron chi connectivity index (χ2n) is 9.83. The summed E-state index contributed by atoms with van der Waals surface area (Å²) < 4.78 is 20.8. The zero-order valence-corrected chi connectivity index (χ0v) is 20.3. The third kappa shape index (κ3) is 4.93. The lowest BCUT2D eigenvalue weighted by Crippen LogP contribution is -2.44. The van der Waals surface area contributed by atoms with Gasteiger partial charge < -0.3 is 25.2 Å². The Morgan fingerprint density at radius 1 is 1.20 bits per heavy atom. The number of urea groups is 1. The molecule has 1 atom stereocenters. The van der Waals surface area contributed by atoms with Gasteiger partial charge in [0.05, 0.1) is 43.6 Å². The number of fused-ring (bicyclic) bond motifs is 1. The van der Waals surface area contributed by atoms with E-state index in [2.05, 4.69) is 22.5 Å². The molecule has 1 saturated heterocycles. The van der Waals surface area contributed by atoms with Gasteiger partial charge in [-0.2, -0.15) is 0 Å². The van der Waals surface area contributed by atoms with Crippen LogP contribution in [0.25, 0.3) is 11.4 Å². The highest BCUT2D eigenvalue weighted by molar-refractivity contribution is 5.90. The number of rotatable bonds is 5. The highest BCUT2D eigenvalue weighted by Crippen LogP contribution is 2.35. The van der Waals surface area contributed by atoms with Crippen molar-refractivity contribution in [2.24, 2.45) is 5.92 Å². The number of amides is 3. The van der Waals surface area contributed by atoms with E-state index in [0.29, 0.717) is 38.5 Å². The topological polar surface area (TPSA) is 99.7 Å². The second-order valence-corrected chi connectivity index (χ2v) is 9.83. The first-order valence-corrected chi connectivity index (χ1v) is 12.2. The molecule has 1 saturated carbocycles. The number of ether oxygens (including phenoxy) is 1. The summed E-state index contributed by atoms with van der Waals surface area (Å²) in [5.41, 5.74) is 2.26. The molecule has 1 unspecified atom stereocenters. The molecule has 9 nitrogen and oxygen atoms in total. The van der Waals surface area contributed by atoms with Crippen molar-refractivity contribution < 1.29 is 18.7 Å². The van der Waals surface area contributed by atoms with Crippen LogP contribution in [0.5, 0.6) is 0 Å². The van der Waals surface area contributed by atoms with E-state index < -0.39 is 5.82 Å². The van der Waals surface area contributed by atoms with E-state index in [9.17, 15) is 9.59 Å². The van der Waals surface area contributed by atoms with Crippen molar-refractivity contribution in [2.45, 2.75) is 58.8 Å². The molecule has 2 aromatic rings. The number of benzene rings is 1. The van der Waals surface area contributed by atoms with Gasteiger partial charge in [-0.05, 0) is 38.0 Å². The maximum Gasteiger partial charge on any atom is 0.319 e. The summed E-state index contributed by atoms with van der Waals surface area (Å²) in [5.74, 6) is 0.394. The van der Waals surface area contributed by atoms with Gasteiger partial charge in [-0.15, -0.1) is 0 Å². The summed E-state index contributed by atoms with van der Waals surface area (Å²) in [6.07, 6.45) is 1.95. The number of nitrogens with zero attached hydrogens (tertiary/aromatic N) is 4. The van der Waals surface area contributed by atoms with Crippen molar-refractivity contribution in [3.8, 4) is 11.4 Å². The number of carbonyl (C=O) groups excluding carboxylic acids is 2. The smallest absolute Gasteiger partial charge is 0.319 e. The molecule has 2 aliphatic heterocycles. The molecule has 1 aromatic heterocycles. The van der Waals surface area contributed by atoms with Gasteiger partial charge in [0.15, 0.2) is 5.82 Å². The van der Waals surface area contributed by atoms with E-state index in [4.69, 9.17) is 14.7 Å². The average molecular weight is 483 g/mol. The zero-order chi connectivity index (χ0) is 24.7. The minimum absolute atomic E-state index is 0.0524. The van der Waals surface area contributed by atoms with E-state index in [-0.39, 0.29) is 41.3 Å². The zero-order valence-electron chi connectivity index (χ0n) is 20.3. The highest BCUT2D eigenvalue weighted by atomic mass is 19.1. The van der Waals surface area contributed by atoms with Crippen LogP contribution in [0.3, 0.4) is 0 Å². The van der Waals surface area contributed by atoms with E-state index >= 15 is 4.39 Å². The lowest BCUT2D eigenvalue weighted by molar-refractivity contribution is -0.135. The molecular formula is C25H31FN6O3. The number of aromatic nitrogens is 2. The number of morpholine rings is 1. The number of carbonyl (C=O) groups is 2. The Kier molecular flexibility index (Phi) is 6.31. The summed E-state index contributed by atoms with van der Waals surface area (Å²) >= 11 is 0. The number of anilines is 2. The molecule has 3 aliphatic rings. The SMILES string of the molecule is CC(C)C(=O)N1Cc2nc(-c3ccc(NC(=O)NC4CC4)cc3F)nc(N3CCOCC3C)c2C1. The fourth-order valence-electron chi connectivity index (χ4n) is 4.51. The Bertz CT molecular complexity index is 1150. The summed E-state index contributed by atoms with van der Waals surface area (Å²) in [6, 6.07) is 4.47. The van der Waals surface area contributed by atoms with Crippen molar-refractivity contribution >= 4 is 23.4 Å². The van der Waals surface area contributed by atoms with Crippen LogP contribution in [-0.2, 0) is 22.6 Å². The fraction of sp³-hybridized carbons (Fsp3) is 0.520. The Hall–Kier alpha value is -3.27. The third-order valence-electron chi connectivity index (χ3n) is 6.59. The van der Waals surface area contributed by atoms with Crippen LogP contribution in [-0.4, -0.2) is 58.6 Å². The number of hydrogen-bond donors (Lipinski definition) is 2. The van der Waals surface area contributed by atoms with Crippen LogP contribution in [0, 0.1) is 11.7 Å². The first-order chi connectivity index (χ1) is 16.8. The molecule has 0 spiro atoms. The van der Waals surface area contributed by atoms with Crippen LogP contribution < -0.4 is 15.5 Å². The predicted molar refractivity (Wildman–Crippen MR) is 129 cm³/mol. The van der Waals surface area contributed by atoms with Gasteiger partial charge in [0.2, 0.25) is 5.91 Å². The van der Waals surface area contributed by atoms with Crippen LogP contribution in [0.1, 0.15) is 44.9 Å². The minimum atomic E-state index is -0.525. The molecular weight excluding hydrogens is 451 g/mol. The Morgan fingerprint density at radius 2 is 2.00 bits per heavy atom. The summed E-state index contributed by atoms with van der Waals surface area (Å²) in [5, 5.41) is 5.50. The summed E-state index contributed by atoms with van der Waals surface area (Å²) in [4.78, 5) is 38.2. The molecule has 10 heteroatoms. The molecule has 3 amide bonds. The monoisotopic (exact) mass is 482 g/mol. The largest absolute Gasteiger partial charge is 0.377 e. The Balaban J connectivity index is 1.47. The molecule has 0 bridgehead atoms. The number of nitrogens with one attached hydrogen (secondary N) is 2.